The maximum Gasteiger partial charge on any atom is 0.257 e. The van der Waals surface area contributed by atoms with Crippen LogP contribution in [0.1, 0.15) is 38.5 Å². The molecule has 1 saturated carbocycles. The number of rotatable bonds is 7. The van der Waals surface area contributed by atoms with Gasteiger partial charge in [-0.25, -0.2) is 0 Å². The molecule has 0 aromatic heterocycles. The second-order valence-corrected chi connectivity index (χ2v) is 5.82. The minimum Gasteiger partial charge on any atom is -0.484 e. The van der Waals surface area contributed by atoms with Gasteiger partial charge in [0.15, 0.2) is 6.61 Å². The number of carbonyl (C=O) groups excluding carboxylic acids is 1. The Morgan fingerprint density at radius 1 is 1.25 bits per heavy atom. The van der Waals surface area contributed by atoms with Gasteiger partial charge in [-0.1, -0.05) is 37.3 Å². The molecule has 110 valence electrons. The molecule has 3 nitrogen and oxygen atoms in total. The van der Waals surface area contributed by atoms with Crippen molar-refractivity contribution in [2.75, 3.05) is 13.2 Å². The molecule has 0 heterocycles. The molecule has 0 bridgehead atoms. The van der Waals surface area contributed by atoms with E-state index in [2.05, 4.69) is 5.32 Å². The van der Waals surface area contributed by atoms with E-state index in [4.69, 9.17) is 16.3 Å². The van der Waals surface area contributed by atoms with Crippen LogP contribution in [0.5, 0.6) is 5.75 Å². The van der Waals surface area contributed by atoms with Crippen molar-refractivity contribution in [1.82, 2.24) is 5.32 Å². The molecule has 1 fully saturated rings. The minimum absolute atomic E-state index is 0.0606. The molecule has 1 aliphatic carbocycles. The van der Waals surface area contributed by atoms with E-state index in [1.165, 1.54) is 32.1 Å². The number of halogens is 1. The summed E-state index contributed by atoms with van der Waals surface area (Å²) >= 11 is 5.78. The first-order chi connectivity index (χ1) is 9.74. The Hall–Kier alpha value is -1.22. The van der Waals surface area contributed by atoms with Crippen molar-refractivity contribution >= 4 is 17.5 Å². The summed E-state index contributed by atoms with van der Waals surface area (Å²) < 4.78 is 5.38. The van der Waals surface area contributed by atoms with Crippen molar-refractivity contribution in [2.24, 2.45) is 5.92 Å². The third-order valence-electron chi connectivity index (χ3n) is 3.77. The monoisotopic (exact) mass is 295 g/mol. The van der Waals surface area contributed by atoms with Crippen molar-refractivity contribution < 1.29 is 9.53 Å². The van der Waals surface area contributed by atoms with Gasteiger partial charge in [0, 0.05) is 11.6 Å². The molecule has 0 radical (unpaired) electrons. The SMILES string of the molecule is O=C(COc1ccc(Cl)cc1)NCCCC1CCCC1. The molecule has 1 aromatic carbocycles. The molecule has 20 heavy (non-hydrogen) atoms. The molecular weight excluding hydrogens is 274 g/mol. The molecule has 2 rings (SSSR count). The van der Waals surface area contributed by atoms with Gasteiger partial charge in [-0.2, -0.15) is 0 Å². The number of hydrogen-bond acceptors (Lipinski definition) is 2. The van der Waals surface area contributed by atoms with Gasteiger partial charge in [0.2, 0.25) is 0 Å². The molecule has 0 aliphatic heterocycles. The van der Waals surface area contributed by atoms with Crippen LogP contribution < -0.4 is 10.1 Å². The third-order valence-corrected chi connectivity index (χ3v) is 4.02. The summed E-state index contributed by atoms with van der Waals surface area (Å²) in [5.41, 5.74) is 0. The molecule has 1 N–H and O–H groups in total. The van der Waals surface area contributed by atoms with Crippen molar-refractivity contribution in [3.8, 4) is 5.75 Å². The van der Waals surface area contributed by atoms with Crippen molar-refractivity contribution in [3.05, 3.63) is 29.3 Å². The van der Waals surface area contributed by atoms with Crippen LogP contribution in [0, 0.1) is 5.92 Å². The van der Waals surface area contributed by atoms with Gasteiger partial charge in [0.25, 0.3) is 5.91 Å². The van der Waals surface area contributed by atoms with Gasteiger partial charge in [-0.15, -0.1) is 0 Å². The second kappa shape index (κ2) is 8.15. The Balaban J connectivity index is 1.54. The Bertz CT molecular complexity index is 413. The average Bonchev–Trinajstić information content (AvgIpc) is 2.96. The van der Waals surface area contributed by atoms with Crippen LogP contribution in [0.4, 0.5) is 0 Å². The van der Waals surface area contributed by atoms with E-state index in [1.54, 1.807) is 24.3 Å². The fourth-order valence-corrected chi connectivity index (χ4v) is 2.77. The molecule has 0 spiro atoms. The van der Waals surface area contributed by atoms with Gasteiger partial charge < -0.3 is 10.1 Å². The lowest BCUT2D eigenvalue weighted by Gasteiger charge is -2.10. The Morgan fingerprint density at radius 3 is 2.65 bits per heavy atom. The van der Waals surface area contributed by atoms with E-state index < -0.39 is 0 Å². The second-order valence-electron chi connectivity index (χ2n) is 5.39. The van der Waals surface area contributed by atoms with Crippen LogP contribution in [0.3, 0.4) is 0 Å². The molecule has 1 amide bonds. The van der Waals surface area contributed by atoms with Crippen LogP contribution in [0.2, 0.25) is 5.02 Å². The fourth-order valence-electron chi connectivity index (χ4n) is 2.65. The smallest absolute Gasteiger partial charge is 0.257 e. The van der Waals surface area contributed by atoms with Gasteiger partial charge >= 0.3 is 0 Å². The van der Waals surface area contributed by atoms with Crippen molar-refractivity contribution in [3.63, 3.8) is 0 Å². The minimum atomic E-state index is -0.0635. The molecule has 0 atom stereocenters. The van der Waals surface area contributed by atoms with Gasteiger partial charge in [-0.05, 0) is 43.0 Å². The highest BCUT2D eigenvalue weighted by atomic mass is 35.5. The highest BCUT2D eigenvalue weighted by molar-refractivity contribution is 6.30. The Morgan fingerprint density at radius 2 is 1.95 bits per heavy atom. The lowest BCUT2D eigenvalue weighted by Crippen LogP contribution is -2.29. The number of ether oxygens (including phenoxy) is 1. The quantitative estimate of drug-likeness (QED) is 0.777. The molecule has 0 saturated heterocycles. The zero-order valence-corrected chi connectivity index (χ0v) is 12.5. The highest BCUT2D eigenvalue weighted by Crippen LogP contribution is 2.28. The first kappa shape index (κ1) is 15.2. The number of carbonyl (C=O) groups is 1. The zero-order valence-electron chi connectivity index (χ0n) is 11.7. The van der Waals surface area contributed by atoms with E-state index in [1.807, 2.05) is 0 Å². The summed E-state index contributed by atoms with van der Waals surface area (Å²) in [4.78, 5) is 11.6. The highest BCUT2D eigenvalue weighted by Gasteiger charge is 2.14. The van der Waals surface area contributed by atoms with Crippen molar-refractivity contribution in [2.45, 2.75) is 38.5 Å². The lowest BCUT2D eigenvalue weighted by molar-refractivity contribution is -0.123. The number of hydrogen-bond donors (Lipinski definition) is 1. The van der Waals surface area contributed by atoms with Gasteiger partial charge in [-0.3, -0.25) is 4.79 Å². The standard InChI is InChI=1S/C16H22ClNO2/c17-14-7-9-15(10-8-14)20-12-16(19)18-11-3-6-13-4-1-2-5-13/h7-10,13H,1-6,11-12H2,(H,18,19). The van der Waals surface area contributed by atoms with Gasteiger partial charge in [0.05, 0.1) is 0 Å². The third kappa shape index (κ3) is 5.41. The van der Waals surface area contributed by atoms with Crippen molar-refractivity contribution in [1.29, 1.82) is 0 Å². The van der Waals surface area contributed by atoms with E-state index >= 15 is 0 Å². The summed E-state index contributed by atoms with van der Waals surface area (Å²) in [5, 5.41) is 3.56. The van der Waals surface area contributed by atoms with Crippen LogP contribution >= 0.6 is 11.6 Å². The lowest BCUT2D eigenvalue weighted by atomic mass is 10.0. The first-order valence-electron chi connectivity index (χ1n) is 7.39. The van der Waals surface area contributed by atoms with E-state index in [0.29, 0.717) is 10.8 Å². The topological polar surface area (TPSA) is 38.3 Å². The van der Waals surface area contributed by atoms with Crippen LogP contribution in [-0.4, -0.2) is 19.1 Å². The van der Waals surface area contributed by atoms with Crippen LogP contribution in [0.25, 0.3) is 0 Å². The number of nitrogens with one attached hydrogen (secondary N) is 1. The van der Waals surface area contributed by atoms with E-state index in [9.17, 15) is 4.79 Å². The summed E-state index contributed by atoms with van der Waals surface area (Å²) in [6.07, 6.45) is 7.80. The summed E-state index contributed by atoms with van der Waals surface area (Å²) in [6.45, 7) is 0.810. The summed E-state index contributed by atoms with van der Waals surface area (Å²) in [6, 6.07) is 7.01. The predicted molar refractivity (Wildman–Crippen MR) is 81.1 cm³/mol. The van der Waals surface area contributed by atoms with E-state index in [-0.39, 0.29) is 12.5 Å². The maximum absolute atomic E-state index is 11.6. The predicted octanol–water partition coefficient (Wildman–Crippen LogP) is 3.81. The number of amides is 1. The molecule has 4 heteroatoms. The Kier molecular flexibility index (Phi) is 6.19. The van der Waals surface area contributed by atoms with Gasteiger partial charge in [0.1, 0.15) is 5.75 Å². The normalized spacial score (nSPS) is 15.2. The fraction of sp³-hybridized carbons (Fsp3) is 0.562. The van der Waals surface area contributed by atoms with Crippen LogP contribution in [0.15, 0.2) is 24.3 Å². The zero-order chi connectivity index (χ0) is 14.2. The van der Waals surface area contributed by atoms with Crippen LogP contribution in [-0.2, 0) is 4.79 Å². The average molecular weight is 296 g/mol. The summed E-state index contributed by atoms with van der Waals surface area (Å²) in [5.74, 6) is 1.49. The first-order valence-corrected chi connectivity index (χ1v) is 7.77. The molecule has 0 unspecified atom stereocenters. The largest absolute Gasteiger partial charge is 0.484 e. The number of benzene rings is 1. The summed E-state index contributed by atoms with van der Waals surface area (Å²) in [7, 11) is 0. The maximum atomic E-state index is 11.6. The molecule has 1 aromatic rings. The van der Waals surface area contributed by atoms with E-state index in [0.717, 1.165) is 18.9 Å². The molecular formula is C16H22ClNO2. The molecule has 1 aliphatic rings. The Labute approximate surface area is 125 Å².